The maximum absolute atomic E-state index is 17.1. The van der Waals surface area contributed by atoms with E-state index in [1.807, 2.05) is 56.9 Å². The Morgan fingerprint density at radius 3 is 2.52 bits per heavy atom. The Morgan fingerprint density at radius 2 is 1.84 bits per heavy atom. The van der Waals surface area contributed by atoms with Crippen molar-refractivity contribution in [2.24, 2.45) is 4.99 Å². The lowest BCUT2D eigenvalue weighted by Gasteiger charge is -2.42. The summed E-state index contributed by atoms with van der Waals surface area (Å²) in [6.45, 7) is 14.5. The van der Waals surface area contributed by atoms with Crippen molar-refractivity contribution in [3.63, 3.8) is 0 Å². The van der Waals surface area contributed by atoms with Crippen molar-refractivity contribution in [1.29, 1.82) is 0 Å². The summed E-state index contributed by atoms with van der Waals surface area (Å²) in [7, 11) is 1.75. The Morgan fingerprint density at radius 1 is 1.12 bits per heavy atom. The van der Waals surface area contributed by atoms with Gasteiger partial charge in [-0.2, -0.15) is 9.97 Å². The van der Waals surface area contributed by atoms with Crippen LogP contribution in [-0.2, 0) is 9.47 Å². The monoisotopic (exact) mass is 704 g/mol. The van der Waals surface area contributed by atoms with Gasteiger partial charge in [0, 0.05) is 48.3 Å². The average Bonchev–Trinajstić information content (AvgIpc) is 3.72. The third-order valence-electron chi connectivity index (χ3n) is 10.7. The fourth-order valence-electron chi connectivity index (χ4n) is 8.46. The van der Waals surface area contributed by atoms with Crippen LogP contribution in [0.1, 0.15) is 69.7 Å². The molecule has 0 radical (unpaired) electrons. The SMILES string of the molecule is C=N/C(=C(/F)c1nc(OC[C@]23CCCN2C[C@@H](OC)C3)nc(N2CC3CCC(C2)N3C(=O)OC(C)(C)C)c1C)c1cccc2cccc(Cl)c12. The van der Waals surface area contributed by atoms with Gasteiger partial charge in [-0.3, -0.25) is 14.8 Å². The number of benzene rings is 2. The predicted molar refractivity (Wildman–Crippen MR) is 195 cm³/mol. The van der Waals surface area contributed by atoms with Gasteiger partial charge in [0.15, 0.2) is 5.83 Å². The standard InChI is InChI=1S/C38H46ClFN6O4/c1-23-32(31(40)33(41-5)28-12-7-10-24-11-8-13-29(39)30(24)28)42-35(49-22-38-16-9-17-45(38)21-27(18-38)48-6)43-34(23)44-19-25-14-15-26(20-44)46(25)36(47)50-37(2,3)4/h7-8,10-13,25-27H,5,9,14-22H2,1-4,6H3/b33-31+/t25?,26?,27-,38+/m0/s1. The number of aliphatic imine (C=N–C) groups is 1. The number of carbonyl (C=O) groups is 1. The van der Waals surface area contributed by atoms with Crippen molar-refractivity contribution in [2.45, 2.75) is 89.1 Å². The van der Waals surface area contributed by atoms with Crippen LogP contribution in [0.5, 0.6) is 6.01 Å². The van der Waals surface area contributed by atoms with Gasteiger partial charge < -0.3 is 19.1 Å². The second-order valence-corrected chi connectivity index (χ2v) is 15.5. The lowest BCUT2D eigenvalue weighted by molar-refractivity contribution is 0.0122. The molecule has 50 heavy (non-hydrogen) atoms. The molecule has 3 aromatic rings. The number of fused-ring (bicyclic) bond motifs is 4. The maximum Gasteiger partial charge on any atom is 0.410 e. The van der Waals surface area contributed by atoms with E-state index in [0.29, 0.717) is 47.1 Å². The second kappa shape index (κ2) is 13.4. The van der Waals surface area contributed by atoms with E-state index in [1.54, 1.807) is 19.2 Å². The fraction of sp³-hybridized carbons (Fsp3) is 0.526. The van der Waals surface area contributed by atoms with Gasteiger partial charge >= 0.3 is 12.1 Å². The lowest BCUT2D eigenvalue weighted by atomic mass is 9.94. The zero-order valence-corrected chi connectivity index (χ0v) is 30.3. The second-order valence-electron chi connectivity index (χ2n) is 15.1. The third kappa shape index (κ3) is 6.32. The number of aromatic nitrogens is 2. The first-order chi connectivity index (χ1) is 23.9. The first kappa shape index (κ1) is 34.6. The van der Waals surface area contributed by atoms with Crippen LogP contribution in [0.25, 0.3) is 22.3 Å². The summed E-state index contributed by atoms with van der Waals surface area (Å²) in [5.74, 6) is -0.0722. The maximum atomic E-state index is 17.1. The summed E-state index contributed by atoms with van der Waals surface area (Å²) in [5.41, 5.74) is 0.411. The number of anilines is 1. The first-order valence-electron chi connectivity index (χ1n) is 17.5. The van der Waals surface area contributed by atoms with Crippen LogP contribution in [0.3, 0.4) is 0 Å². The zero-order chi connectivity index (χ0) is 35.4. The molecule has 12 heteroatoms. The predicted octanol–water partition coefficient (Wildman–Crippen LogP) is 7.31. The van der Waals surface area contributed by atoms with E-state index in [9.17, 15) is 4.79 Å². The van der Waals surface area contributed by atoms with E-state index in [-0.39, 0.29) is 47.2 Å². The number of piperazine rings is 1. The van der Waals surface area contributed by atoms with Crippen molar-refractivity contribution < 1.29 is 23.4 Å². The van der Waals surface area contributed by atoms with E-state index in [0.717, 1.165) is 50.6 Å². The van der Waals surface area contributed by atoms with Gasteiger partial charge in [0.1, 0.15) is 29.4 Å². The fourth-order valence-corrected chi connectivity index (χ4v) is 8.74. The van der Waals surface area contributed by atoms with E-state index in [4.69, 9.17) is 35.8 Å². The van der Waals surface area contributed by atoms with Gasteiger partial charge in [0.25, 0.3) is 0 Å². The topological polar surface area (TPSA) is 92.6 Å². The smallest absolute Gasteiger partial charge is 0.410 e. The number of hydrogen-bond acceptors (Lipinski definition) is 9. The lowest BCUT2D eigenvalue weighted by Crippen LogP contribution is -2.57. The number of rotatable bonds is 8. The molecule has 266 valence electrons. The first-order valence-corrected chi connectivity index (χ1v) is 17.9. The highest BCUT2D eigenvalue weighted by molar-refractivity contribution is 6.36. The van der Waals surface area contributed by atoms with E-state index in [1.165, 1.54) is 0 Å². The number of amides is 1. The number of halogens is 2. The van der Waals surface area contributed by atoms with Gasteiger partial charge in [-0.1, -0.05) is 41.9 Å². The average molecular weight is 705 g/mol. The Kier molecular flexibility index (Phi) is 9.28. The number of ether oxygens (including phenoxy) is 3. The van der Waals surface area contributed by atoms with Gasteiger partial charge in [-0.25, -0.2) is 9.18 Å². The Bertz CT molecular complexity index is 1830. The van der Waals surface area contributed by atoms with Gasteiger partial charge in [-0.05, 0) is 84.5 Å². The highest BCUT2D eigenvalue weighted by Crippen LogP contribution is 2.42. The summed E-state index contributed by atoms with van der Waals surface area (Å²) in [4.78, 5) is 33.6. The largest absolute Gasteiger partial charge is 0.461 e. The minimum Gasteiger partial charge on any atom is -0.461 e. The third-order valence-corrected chi connectivity index (χ3v) is 11.1. The van der Waals surface area contributed by atoms with Crippen molar-refractivity contribution in [2.75, 3.05) is 44.8 Å². The number of methoxy groups -OCH3 is 1. The molecular formula is C38H46ClFN6O4. The van der Waals surface area contributed by atoms with Crippen LogP contribution in [0.2, 0.25) is 5.02 Å². The summed E-state index contributed by atoms with van der Waals surface area (Å²) >= 11 is 6.66. The van der Waals surface area contributed by atoms with Crippen LogP contribution in [0, 0.1) is 6.92 Å². The molecule has 0 spiro atoms. The normalized spacial score (nSPS) is 25.5. The van der Waals surface area contributed by atoms with Gasteiger partial charge in [-0.15, -0.1) is 0 Å². The minimum absolute atomic E-state index is 0.0384. The molecule has 1 aromatic heterocycles. The minimum atomic E-state index is -0.644. The molecule has 10 nitrogen and oxygen atoms in total. The molecule has 5 heterocycles. The molecule has 4 atom stereocenters. The van der Waals surface area contributed by atoms with Crippen molar-refractivity contribution >= 4 is 52.5 Å². The highest BCUT2D eigenvalue weighted by Gasteiger charge is 2.50. The van der Waals surface area contributed by atoms with Crippen LogP contribution in [0.15, 0.2) is 41.4 Å². The molecule has 7 rings (SSSR count). The molecule has 2 bridgehead atoms. The Balaban J connectivity index is 1.28. The Hall–Kier alpha value is -3.80. The van der Waals surface area contributed by atoms with Gasteiger partial charge in [0.2, 0.25) is 0 Å². The molecule has 2 unspecified atom stereocenters. The summed E-state index contributed by atoms with van der Waals surface area (Å²) < 4.78 is 35.1. The molecular weight excluding hydrogens is 659 g/mol. The van der Waals surface area contributed by atoms with Crippen molar-refractivity contribution in [1.82, 2.24) is 19.8 Å². The molecule has 0 aliphatic carbocycles. The summed E-state index contributed by atoms with van der Waals surface area (Å²) in [6.07, 6.45) is 4.44. The molecule has 4 aliphatic heterocycles. The number of carbonyl (C=O) groups excluding carboxylic acids is 1. The summed E-state index contributed by atoms with van der Waals surface area (Å²) in [6, 6.07) is 11.1. The molecule has 0 N–H and O–H groups in total. The van der Waals surface area contributed by atoms with Crippen molar-refractivity contribution in [3.8, 4) is 6.01 Å². The Labute approximate surface area is 298 Å². The van der Waals surface area contributed by atoms with E-state index >= 15 is 4.39 Å². The molecule has 4 saturated heterocycles. The number of nitrogens with zero attached hydrogens (tertiary/aromatic N) is 6. The van der Waals surface area contributed by atoms with Crippen LogP contribution in [0.4, 0.5) is 15.0 Å². The van der Waals surface area contributed by atoms with Gasteiger partial charge in [0.05, 0.1) is 23.7 Å². The quantitative estimate of drug-likeness (QED) is 0.226. The summed E-state index contributed by atoms with van der Waals surface area (Å²) in [5, 5.41) is 2.03. The molecule has 4 fully saturated rings. The highest BCUT2D eigenvalue weighted by atomic mass is 35.5. The molecule has 4 aliphatic rings. The van der Waals surface area contributed by atoms with Crippen LogP contribution >= 0.6 is 11.6 Å². The molecule has 1 amide bonds. The number of hydrogen-bond donors (Lipinski definition) is 0. The van der Waals surface area contributed by atoms with E-state index in [2.05, 4.69) is 21.5 Å². The molecule has 2 aromatic carbocycles. The zero-order valence-electron chi connectivity index (χ0n) is 29.5. The van der Waals surface area contributed by atoms with Crippen LogP contribution in [-0.4, -0.2) is 102 Å². The molecule has 0 saturated carbocycles. The van der Waals surface area contributed by atoms with Crippen molar-refractivity contribution in [3.05, 3.63) is 58.2 Å². The van der Waals surface area contributed by atoms with E-state index < -0.39 is 11.4 Å². The van der Waals surface area contributed by atoms with Crippen LogP contribution < -0.4 is 9.64 Å².